The number of benzene rings is 3. The second-order valence-electron chi connectivity index (χ2n) is 5.98. The fourth-order valence-electron chi connectivity index (χ4n) is 2.58. The smallest absolute Gasteiger partial charge is 0.240 e. The summed E-state index contributed by atoms with van der Waals surface area (Å²) in [5.74, 6) is 1.28. The number of para-hydroxylation sites is 1. The molecule has 0 saturated heterocycles. The van der Waals surface area contributed by atoms with Crippen LogP contribution in [0.5, 0.6) is 11.5 Å². The Morgan fingerprint density at radius 3 is 2.15 bits per heavy atom. The van der Waals surface area contributed by atoms with Gasteiger partial charge < -0.3 is 4.74 Å². The molecule has 0 aliphatic rings. The van der Waals surface area contributed by atoms with Crippen LogP contribution in [0.3, 0.4) is 0 Å². The molecule has 0 aromatic heterocycles. The fraction of sp³-hybridized carbons (Fsp3) is 0.143. The first kappa shape index (κ1) is 19.4. The zero-order chi connectivity index (χ0) is 19.1. The molecule has 0 radical (unpaired) electrons. The van der Waals surface area contributed by atoms with Crippen molar-refractivity contribution in [1.29, 1.82) is 0 Å². The lowest BCUT2D eigenvalue weighted by molar-refractivity contribution is 0.482. The molecule has 0 saturated carbocycles. The standard InChI is InChI=1S/C21H20ClNO3S/c22-21-11-5-4-7-17(21)8-6-16-23-27(24,25)20-14-12-19(13-15-20)26-18-9-2-1-3-10-18/h1-5,7,9-15,23H,6,8,16H2. The van der Waals surface area contributed by atoms with Crippen LogP contribution < -0.4 is 9.46 Å². The number of sulfonamides is 1. The van der Waals surface area contributed by atoms with Crippen LogP contribution in [0.25, 0.3) is 0 Å². The van der Waals surface area contributed by atoms with Gasteiger partial charge in [-0.05, 0) is 60.9 Å². The lowest BCUT2D eigenvalue weighted by Crippen LogP contribution is -2.25. The number of hydrogen-bond donors (Lipinski definition) is 1. The molecule has 3 aromatic carbocycles. The zero-order valence-electron chi connectivity index (χ0n) is 14.6. The van der Waals surface area contributed by atoms with E-state index in [1.165, 1.54) is 12.1 Å². The number of ether oxygens (including phenoxy) is 1. The van der Waals surface area contributed by atoms with Gasteiger partial charge in [0, 0.05) is 11.6 Å². The molecule has 0 fully saturated rings. The summed E-state index contributed by atoms with van der Waals surface area (Å²) in [7, 11) is -3.55. The first-order valence-electron chi connectivity index (χ1n) is 8.61. The Bertz CT molecular complexity index is 974. The van der Waals surface area contributed by atoms with Crippen molar-refractivity contribution in [3.05, 3.63) is 89.4 Å². The van der Waals surface area contributed by atoms with Crippen LogP contribution >= 0.6 is 11.6 Å². The molecule has 27 heavy (non-hydrogen) atoms. The highest BCUT2D eigenvalue weighted by Gasteiger charge is 2.13. The van der Waals surface area contributed by atoms with Gasteiger partial charge in [0.2, 0.25) is 10.0 Å². The van der Waals surface area contributed by atoms with Crippen molar-refractivity contribution in [2.45, 2.75) is 17.7 Å². The van der Waals surface area contributed by atoms with E-state index < -0.39 is 10.0 Å². The molecule has 6 heteroatoms. The van der Waals surface area contributed by atoms with Gasteiger partial charge in [-0.15, -0.1) is 0 Å². The minimum atomic E-state index is -3.55. The first-order valence-corrected chi connectivity index (χ1v) is 10.5. The van der Waals surface area contributed by atoms with E-state index in [4.69, 9.17) is 16.3 Å². The van der Waals surface area contributed by atoms with Gasteiger partial charge in [-0.2, -0.15) is 0 Å². The lowest BCUT2D eigenvalue weighted by atomic mass is 10.1. The largest absolute Gasteiger partial charge is 0.457 e. The maximum Gasteiger partial charge on any atom is 0.240 e. The summed E-state index contributed by atoms with van der Waals surface area (Å²) in [6.07, 6.45) is 1.38. The second-order valence-corrected chi connectivity index (χ2v) is 8.15. The Morgan fingerprint density at radius 2 is 1.44 bits per heavy atom. The quantitative estimate of drug-likeness (QED) is 0.538. The summed E-state index contributed by atoms with van der Waals surface area (Å²) in [5, 5.41) is 0.703. The van der Waals surface area contributed by atoms with E-state index in [2.05, 4.69) is 4.72 Å². The maximum absolute atomic E-state index is 12.4. The highest BCUT2D eigenvalue weighted by atomic mass is 35.5. The molecule has 3 rings (SSSR count). The summed E-state index contributed by atoms with van der Waals surface area (Å²) in [6, 6.07) is 23.3. The summed E-state index contributed by atoms with van der Waals surface area (Å²) < 4.78 is 33.1. The van der Waals surface area contributed by atoms with E-state index in [0.717, 1.165) is 5.56 Å². The minimum Gasteiger partial charge on any atom is -0.457 e. The highest BCUT2D eigenvalue weighted by molar-refractivity contribution is 7.89. The average molecular weight is 402 g/mol. The average Bonchev–Trinajstić information content (AvgIpc) is 2.68. The van der Waals surface area contributed by atoms with E-state index in [1.807, 2.05) is 54.6 Å². The first-order chi connectivity index (χ1) is 13.0. The van der Waals surface area contributed by atoms with Crippen LogP contribution in [0.15, 0.2) is 83.8 Å². The Balaban J connectivity index is 1.54. The van der Waals surface area contributed by atoms with Crippen LogP contribution in [0.1, 0.15) is 12.0 Å². The van der Waals surface area contributed by atoms with Crippen LogP contribution in [0.4, 0.5) is 0 Å². The van der Waals surface area contributed by atoms with Crippen LogP contribution in [-0.2, 0) is 16.4 Å². The van der Waals surface area contributed by atoms with E-state index in [-0.39, 0.29) is 4.90 Å². The van der Waals surface area contributed by atoms with E-state index >= 15 is 0 Å². The molecule has 0 aliphatic carbocycles. The Kier molecular flexibility index (Phi) is 6.50. The van der Waals surface area contributed by atoms with Gasteiger partial charge in [0.15, 0.2) is 0 Å². The van der Waals surface area contributed by atoms with Crippen molar-refractivity contribution < 1.29 is 13.2 Å². The van der Waals surface area contributed by atoms with Crippen LogP contribution in [0.2, 0.25) is 5.02 Å². The van der Waals surface area contributed by atoms with E-state index in [0.29, 0.717) is 35.9 Å². The molecule has 0 aliphatic heterocycles. The number of aryl methyl sites for hydroxylation is 1. The van der Waals surface area contributed by atoms with E-state index in [1.54, 1.807) is 12.1 Å². The Labute approximate surface area is 164 Å². The SMILES string of the molecule is O=S(=O)(NCCCc1ccccc1Cl)c1ccc(Oc2ccccc2)cc1. The van der Waals surface area contributed by atoms with Gasteiger partial charge in [-0.25, -0.2) is 13.1 Å². The molecule has 0 atom stereocenters. The number of hydrogen-bond acceptors (Lipinski definition) is 3. The van der Waals surface area contributed by atoms with Crippen molar-refractivity contribution in [1.82, 2.24) is 4.72 Å². The molecule has 140 valence electrons. The monoisotopic (exact) mass is 401 g/mol. The van der Waals surface area contributed by atoms with Gasteiger partial charge >= 0.3 is 0 Å². The molecule has 0 heterocycles. The van der Waals surface area contributed by atoms with Gasteiger partial charge in [0.1, 0.15) is 11.5 Å². The molecule has 0 bridgehead atoms. The van der Waals surface area contributed by atoms with Gasteiger partial charge in [-0.1, -0.05) is 48.0 Å². The van der Waals surface area contributed by atoms with Gasteiger partial charge in [-0.3, -0.25) is 0 Å². The molecule has 0 spiro atoms. The number of rotatable bonds is 8. The zero-order valence-corrected chi connectivity index (χ0v) is 16.2. The van der Waals surface area contributed by atoms with Crippen molar-refractivity contribution in [2.24, 2.45) is 0 Å². The fourth-order valence-corrected chi connectivity index (χ4v) is 3.89. The predicted octanol–water partition coefficient (Wildman–Crippen LogP) is 5.04. The van der Waals surface area contributed by atoms with Crippen molar-refractivity contribution >= 4 is 21.6 Å². The highest BCUT2D eigenvalue weighted by Crippen LogP contribution is 2.22. The van der Waals surface area contributed by atoms with Crippen molar-refractivity contribution in [2.75, 3.05) is 6.54 Å². The summed E-state index contributed by atoms with van der Waals surface area (Å²) in [4.78, 5) is 0.209. The van der Waals surface area contributed by atoms with Gasteiger partial charge in [0.25, 0.3) is 0 Å². The number of nitrogens with one attached hydrogen (secondary N) is 1. The molecule has 3 aromatic rings. The Hall–Kier alpha value is -2.34. The lowest BCUT2D eigenvalue weighted by Gasteiger charge is -2.09. The summed E-state index contributed by atoms with van der Waals surface area (Å²) in [5.41, 5.74) is 1.01. The predicted molar refractivity (Wildman–Crippen MR) is 108 cm³/mol. The third-order valence-corrected chi connectivity index (χ3v) is 5.83. The number of halogens is 1. The molecule has 0 amide bonds. The molecular weight excluding hydrogens is 382 g/mol. The van der Waals surface area contributed by atoms with Crippen LogP contribution in [0, 0.1) is 0 Å². The van der Waals surface area contributed by atoms with E-state index in [9.17, 15) is 8.42 Å². The Morgan fingerprint density at radius 1 is 0.815 bits per heavy atom. The van der Waals surface area contributed by atoms with Crippen LogP contribution in [-0.4, -0.2) is 15.0 Å². The topological polar surface area (TPSA) is 55.4 Å². The normalized spacial score (nSPS) is 11.3. The molecule has 0 unspecified atom stereocenters. The summed E-state index contributed by atoms with van der Waals surface area (Å²) in [6.45, 7) is 0.343. The third-order valence-electron chi connectivity index (χ3n) is 3.99. The molecular formula is C21H20ClNO3S. The van der Waals surface area contributed by atoms with Crippen molar-refractivity contribution in [3.8, 4) is 11.5 Å². The second kappa shape index (κ2) is 9.04. The molecule has 1 N–H and O–H groups in total. The van der Waals surface area contributed by atoms with Gasteiger partial charge in [0.05, 0.1) is 4.90 Å². The summed E-state index contributed by atoms with van der Waals surface area (Å²) >= 11 is 6.11. The minimum absolute atomic E-state index is 0.209. The molecule has 4 nitrogen and oxygen atoms in total. The third kappa shape index (κ3) is 5.57. The van der Waals surface area contributed by atoms with Crippen molar-refractivity contribution in [3.63, 3.8) is 0 Å². The maximum atomic E-state index is 12.4.